The number of carbonyl (C=O) groups is 1. The maximum Gasteiger partial charge on any atom is 0.257 e. The summed E-state index contributed by atoms with van der Waals surface area (Å²) in [7, 11) is 1.53. The van der Waals surface area contributed by atoms with Crippen molar-refractivity contribution in [3.8, 4) is 5.75 Å². The van der Waals surface area contributed by atoms with Crippen LogP contribution in [-0.4, -0.2) is 18.0 Å². The first-order chi connectivity index (χ1) is 12.6. The Morgan fingerprint density at radius 3 is 2.58 bits per heavy atom. The Bertz CT molecular complexity index is 930. The fourth-order valence-electron chi connectivity index (χ4n) is 2.44. The molecule has 0 atom stereocenters. The van der Waals surface area contributed by atoms with E-state index in [1.807, 2.05) is 37.3 Å². The van der Waals surface area contributed by atoms with Gasteiger partial charge < -0.3 is 15.4 Å². The second-order valence-electron chi connectivity index (χ2n) is 5.71. The van der Waals surface area contributed by atoms with Gasteiger partial charge >= 0.3 is 0 Å². The predicted molar refractivity (Wildman–Crippen MR) is 105 cm³/mol. The molecule has 0 aliphatic heterocycles. The number of nitrogens with zero attached hydrogens (tertiary/aromatic N) is 1. The van der Waals surface area contributed by atoms with Crippen LogP contribution in [0.5, 0.6) is 5.75 Å². The van der Waals surface area contributed by atoms with Crippen molar-refractivity contribution in [2.24, 2.45) is 0 Å². The summed E-state index contributed by atoms with van der Waals surface area (Å²) in [6.07, 6.45) is 3.18. The first-order valence-electron chi connectivity index (χ1n) is 7.99. The van der Waals surface area contributed by atoms with Crippen LogP contribution >= 0.6 is 11.6 Å². The molecule has 0 saturated carbocycles. The Kier molecular flexibility index (Phi) is 5.39. The summed E-state index contributed by atoms with van der Waals surface area (Å²) < 4.78 is 5.29. The summed E-state index contributed by atoms with van der Waals surface area (Å²) in [5.41, 5.74) is 3.48. The first-order valence-corrected chi connectivity index (χ1v) is 8.37. The van der Waals surface area contributed by atoms with Crippen molar-refractivity contribution < 1.29 is 9.53 Å². The molecule has 132 valence electrons. The van der Waals surface area contributed by atoms with Crippen LogP contribution in [0, 0.1) is 6.92 Å². The highest BCUT2D eigenvalue weighted by Crippen LogP contribution is 2.31. The number of methoxy groups -OCH3 is 1. The van der Waals surface area contributed by atoms with E-state index in [2.05, 4.69) is 15.6 Å². The van der Waals surface area contributed by atoms with Crippen LogP contribution in [0.4, 0.5) is 17.1 Å². The van der Waals surface area contributed by atoms with Gasteiger partial charge in [-0.2, -0.15) is 0 Å². The number of aromatic nitrogens is 1. The maximum absolute atomic E-state index is 12.6. The largest absolute Gasteiger partial charge is 0.495 e. The van der Waals surface area contributed by atoms with Crippen molar-refractivity contribution in [3.05, 3.63) is 77.1 Å². The van der Waals surface area contributed by atoms with Gasteiger partial charge in [-0.05, 0) is 36.8 Å². The molecule has 3 rings (SSSR count). The predicted octanol–water partition coefficient (Wildman–Crippen LogP) is 5.05. The van der Waals surface area contributed by atoms with E-state index in [0.717, 1.165) is 16.9 Å². The Morgan fingerprint density at radius 1 is 1.08 bits per heavy atom. The molecule has 26 heavy (non-hydrogen) atoms. The van der Waals surface area contributed by atoms with Gasteiger partial charge in [0.15, 0.2) is 0 Å². The number of para-hydroxylation sites is 1. The minimum absolute atomic E-state index is 0.283. The molecule has 0 unspecified atom stereocenters. The highest BCUT2D eigenvalue weighted by molar-refractivity contribution is 6.31. The summed E-state index contributed by atoms with van der Waals surface area (Å²) in [6.45, 7) is 1.86. The zero-order valence-corrected chi connectivity index (χ0v) is 15.2. The number of hydrogen-bond donors (Lipinski definition) is 2. The molecule has 2 aromatic carbocycles. The number of halogens is 1. The van der Waals surface area contributed by atoms with Crippen LogP contribution in [0.1, 0.15) is 15.9 Å². The van der Waals surface area contributed by atoms with Crippen molar-refractivity contribution in [2.75, 3.05) is 17.7 Å². The Hall–Kier alpha value is -3.05. The molecule has 1 aromatic heterocycles. The molecule has 2 N–H and O–H groups in total. The average molecular weight is 368 g/mol. The number of pyridine rings is 1. The van der Waals surface area contributed by atoms with Crippen LogP contribution in [-0.2, 0) is 0 Å². The molecule has 0 spiro atoms. The van der Waals surface area contributed by atoms with Crippen LogP contribution in [0.15, 0.2) is 60.9 Å². The molecule has 0 fully saturated rings. The smallest absolute Gasteiger partial charge is 0.257 e. The van der Waals surface area contributed by atoms with Gasteiger partial charge in [0.1, 0.15) is 5.75 Å². The third kappa shape index (κ3) is 4.13. The van der Waals surface area contributed by atoms with Crippen LogP contribution in [0.25, 0.3) is 0 Å². The number of anilines is 3. The number of ether oxygens (including phenoxy) is 1. The Balaban J connectivity index is 1.80. The molecular formula is C20H18ClN3O2. The minimum Gasteiger partial charge on any atom is -0.495 e. The molecular weight excluding hydrogens is 350 g/mol. The fourth-order valence-corrected chi connectivity index (χ4v) is 2.60. The molecule has 1 heterocycles. The molecule has 0 aliphatic rings. The quantitative estimate of drug-likeness (QED) is 0.662. The van der Waals surface area contributed by atoms with Gasteiger partial charge in [0.05, 0.1) is 30.2 Å². The number of nitrogens with one attached hydrogen (secondary N) is 2. The normalized spacial score (nSPS) is 10.3. The third-order valence-corrected chi connectivity index (χ3v) is 4.20. The monoisotopic (exact) mass is 367 g/mol. The minimum atomic E-state index is -0.283. The van der Waals surface area contributed by atoms with E-state index in [9.17, 15) is 4.79 Å². The molecule has 1 amide bonds. The molecule has 0 aliphatic carbocycles. The van der Waals surface area contributed by atoms with E-state index < -0.39 is 0 Å². The zero-order valence-electron chi connectivity index (χ0n) is 14.4. The Labute approximate surface area is 157 Å². The topological polar surface area (TPSA) is 63.2 Å². The number of rotatable bonds is 5. The van der Waals surface area contributed by atoms with Gasteiger partial charge in [-0.15, -0.1) is 0 Å². The molecule has 5 nitrogen and oxygen atoms in total. The van der Waals surface area contributed by atoms with Gasteiger partial charge in [-0.1, -0.05) is 29.8 Å². The van der Waals surface area contributed by atoms with E-state index in [4.69, 9.17) is 16.3 Å². The number of benzene rings is 2. The van der Waals surface area contributed by atoms with Crippen LogP contribution in [0.3, 0.4) is 0 Å². The summed E-state index contributed by atoms with van der Waals surface area (Å²) >= 11 is 6.10. The van der Waals surface area contributed by atoms with E-state index in [1.54, 1.807) is 24.4 Å². The lowest BCUT2D eigenvalue weighted by atomic mass is 10.2. The van der Waals surface area contributed by atoms with E-state index in [0.29, 0.717) is 22.0 Å². The number of hydrogen-bond acceptors (Lipinski definition) is 4. The number of aryl methyl sites for hydroxylation is 1. The SMILES string of the molecule is COc1cc(Cl)c(C)cc1NC(=O)c1cncc(Nc2ccccc2)c1. The lowest BCUT2D eigenvalue weighted by Gasteiger charge is -2.13. The second kappa shape index (κ2) is 7.89. The molecule has 3 aromatic rings. The van der Waals surface area contributed by atoms with Gasteiger partial charge in [-0.3, -0.25) is 9.78 Å². The highest BCUT2D eigenvalue weighted by atomic mass is 35.5. The number of carbonyl (C=O) groups excluding carboxylic acids is 1. The van der Waals surface area contributed by atoms with Gasteiger partial charge in [0.25, 0.3) is 5.91 Å². The summed E-state index contributed by atoms with van der Waals surface area (Å²) in [5.74, 6) is 0.217. The van der Waals surface area contributed by atoms with Crippen LogP contribution in [0.2, 0.25) is 5.02 Å². The first kappa shape index (κ1) is 17.8. The van der Waals surface area contributed by atoms with Crippen molar-refractivity contribution in [2.45, 2.75) is 6.92 Å². The van der Waals surface area contributed by atoms with Crippen molar-refractivity contribution in [1.29, 1.82) is 0 Å². The molecule has 6 heteroatoms. The lowest BCUT2D eigenvalue weighted by molar-refractivity contribution is 0.102. The zero-order chi connectivity index (χ0) is 18.5. The fraction of sp³-hybridized carbons (Fsp3) is 0.100. The van der Waals surface area contributed by atoms with E-state index >= 15 is 0 Å². The lowest BCUT2D eigenvalue weighted by Crippen LogP contribution is -2.13. The Morgan fingerprint density at radius 2 is 1.85 bits per heavy atom. The summed E-state index contributed by atoms with van der Waals surface area (Å²) in [6, 6.07) is 14.9. The van der Waals surface area contributed by atoms with Crippen molar-refractivity contribution >= 4 is 34.6 Å². The van der Waals surface area contributed by atoms with Gasteiger partial charge in [-0.25, -0.2) is 0 Å². The van der Waals surface area contributed by atoms with E-state index in [1.165, 1.54) is 13.3 Å². The second-order valence-corrected chi connectivity index (χ2v) is 6.12. The van der Waals surface area contributed by atoms with Gasteiger partial charge in [0.2, 0.25) is 0 Å². The molecule has 0 saturated heterocycles. The number of amides is 1. The third-order valence-electron chi connectivity index (χ3n) is 3.79. The van der Waals surface area contributed by atoms with Crippen molar-refractivity contribution in [1.82, 2.24) is 4.98 Å². The van der Waals surface area contributed by atoms with Crippen molar-refractivity contribution in [3.63, 3.8) is 0 Å². The maximum atomic E-state index is 12.6. The summed E-state index contributed by atoms with van der Waals surface area (Å²) in [5, 5.41) is 6.64. The van der Waals surface area contributed by atoms with Crippen LogP contribution < -0.4 is 15.4 Å². The van der Waals surface area contributed by atoms with E-state index in [-0.39, 0.29) is 5.91 Å². The molecule has 0 bridgehead atoms. The van der Waals surface area contributed by atoms with Gasteiger partial charge in [0, 0.05) is 23.0 Å². The standard InChI is InChI=1S/C20H18ClN3O2/c1-13-8-18(19(26-2)10-17(13)21)24-20(25)14-9-16(12-22-11-14)23-15-6-4-3-5-7-15/h3-12,23H,1-2H3,(H,24,25). The molecule has 0 radical (unpaired) electrons. The average Bonchev–Trinajstić information content (AvgIpc) is 2.65. The highest BCUT2D eigenvalue weighted by Gasteiger charge is 2.13. The summed E-state index contributed by atoms with van der Waals surface area (Å²) in [4.78, 5) is 16.8.